The van der Waals surface area contributed by atoms with Crippen molar-refractivity contribution in [1.29, 1.82) is 0 Å². The van der Waals surface area contributed by atoms with Crippen molar-refractivity contribution in [3.05, 3.63) is 24.3 Å². The molecular formula is C20H28N4O6S. The standard InChI is InChI=1S/C20H28N4O6S/c1-3-21-9-10-23(20(27)19(21)26)15-18(25)22-11-13-24(14-12-22)31(28,29)17-7-5-16(6-8-17)30-4-2/h5-8H,3-4,9-15H2,1-2H3. The van der Waals surface area contributed by atoms with Gasteiger partial charge in [0.1, 0.15) is 12.3 Å². The monoisotopic (exact) mass is 452 g/mol. The van der Waals surface area contributed by atoms with Gasteiger partial charge in [-0.05, 0) is 38.1 Å². The van der Waals surface area contributed by atoms with Crippen molar-refractivity contribution in [3.63, 3.8) is 0 Å². The number of hydrogen-bond acceptors (Lipinski definition) is 6. The van der Waals surface area contributed by atoms with E-state index in [4.69, 9.17) is 4.74 Å². The van der Waals surface area contributed by atoms with Gasteiger partial charge in [0.05, 0.1) is 11.5 Å². The number of sulfonamides is 1. The number of rotatable bonds is 7. The highest BCUT2D eigenvalue weighted by Crippen LogP contribution is 2.21. The van der Waals surface area contributed by atoms with Crippen molar-refractivity contribution >= 4 is 27.7 Å². The number of amides is 3. The summed E-state index contributed by atoms with van der Waals surface area (Å²) in [5.41, 5.74) is 0. The van der Waals surface area contributed by atoms with E-state index in [0.717, 1.165) is 0 Å². The van der Waals surface area contributed by atoms with Gasteiger partial charge in [-0.3, -0.25) is 14.4 Å². The Kier molecular flexibility index (Phi) is 7.16. The Bertz CT molecular complexity index is 925. The van der Waals surface area contributed by atoms with Crippen molar-refractivity contribution in [2.75, 3.05) is 59.0 Å². The third kappa shape index (κ3) is 4.99. The van der Waals surface area contributed by atoms with E-state index in [9.17, 15) is 22.8 Å². The summed E-state index contributed by atoms with van der Waals surface area (Å²) in [5.74, 6) is -0.945. The minimum absolute atomic E-state index is 0.164. The highest BCUT2D eigenvalue weighted by molar-refractivity contribution is 7.89. The number of hydrogen-bond donors (Lipinski definition) is 0. The minimum atomic E-state index is -3.67. The molecule has 0 aromatic heterocycles. The van der Waals surface area contributed by atoms with Crippen molar-refractivity contribution < 1.29 is 27.5 Å². The molecule has 2 saturated heterocycles. The zero-order chi connectivity index (χ0) is 22.6. The first-order valence-corrected chi connectivity index (χ1v) is 11.8. The number of ether oxygens (including phenoxy) is 1. The molecule has 1 aromatic rings. The molecule has 0 aliphatic carbocycles. The zero-order valence-corrected chi connectivity index (χ0v) is 18.6. The molecule has 2 fully saturated rings. The zero-order valence-electron chi connectivity index (χ0n) is 17.8. The van der Waals surface area contributed by atoms with E-state index in [0.29, 0.717) is 32.0 Å². The lowest BCUT2D eigenvalue weighted by Crippen LogP contribution is -2.58. The summed E-state index contributed by atoms with van der Waals surface area (Å²) in [6.07, 6.45) is 0. The van der Waals surface area contributed by atoms with Crippen LogP contribution >= 0.6 is 0 Å². The second-order valence-corrected chi connectivity index (χ2v) is 9.24. The number of nitrogens with zero attached hydrogens (tertiary/aromatic N) is 4. The summed E-state index contributed by atoms with van der Waals surface area (Å²) in [4.78, 5) is 41.2. The molecule has 3 amide bonds. The van der Waals surface area contributed by atoms with Crippen LogP contribution in [0.1, 0.15) is 13.8 Å². The molecule has 0 radical (unpaired) electrons. The number of benzene rings is 1. The number of piperazine rings is 2. The van der Waals surface area contributed by atoms with Crippen molar-refractivity contribution in [1.82, 2.24) is 19.0 Å². The number of carbonyl (C=O) groups excluding carboxylic acids is 3. The maximum atomic E-state index is 12.9. The van der Waals surface area contributed by atoms with E-state index in [-0.39, 0.29) is 43.5 Å². The van der Waals surface area contributed by atoms with Gasteiger partial charge >= 0.3 is 11.8 Å². The molecule has 10 nitrogen and oxygen atoms in total. The smallest absolute Gasteiger partial charge is 0.312 e. The Balaban J connectivity index is 1.55. The number of carbonyl (C=O) groups is 3. The molecule has 170 valence electrons. The lowest BCUT2D eigenvalue weighted by molar-refractivity contribution is -0.157. The first kappa shape index (κ1) is 23.0. The van der Waals surface area contributed by atoms with Crippen LogP contribution in [0.3, 0.4) is 0 Å². The van der Waals surface area contributed by atoms with Crippen LogP contribution in [0, 0.1) is 0 Å². The summed E-state index contributed by atoms with van der Waals surface area (Å²) in [7, 11) is -3.67. The van der Waals surface area contributed by atoms with Gasteiger partial charge in [-0.2, -0.15) is 4.31 Å². The van der Waals surface area contributed by atoms with E-state index in [2.05, 4.69) is 0 Å². The molecule has 11 heteroatoms. The lowest BCUT2D eigenvalue weighted by Gasteiger charge is -2.37. The van der Waals surface area contributed by atoms with Gasteiger partial charge in [0.15, 0.2) is 0 Å². The van der Waals surface area contributed by atoms with Crippen molar-refractivity contribution in [3.8, 4) is 5.75 Å². The van der Waals surface area contributed by atoms with Gasteiger partial charge < -0.3 is 19.4 Å². The third-order valence-electron chi connectivity index (χ3n) is 5.47. The van der Waals surface area contributed by atoms with E-state index in [1.807, 2.05) is 6.92 Å². The van der Waals surface area contributed by atoms with E-state index in [1.165, 1.54) is 31.1 Å². The molecule has 0 unspecified atom stereocenters. The molecule has 0 atom stereocenters. The predicted molar refractivity (Wildman–Crippen MR) is 112 cm³/mol. The average molecular weight is 453 g/mol. The molecule has 0 saturated carbocycles. The molecule has 0 N–H and O–H groups in total. The molecule has 0 spiro atoms. The van der Waals surface area contributed by atoms with Crippen LogP contribution in [-0.4, -0.2) is 104 Å². The topological polar surface area (TPSA) is 108 Å². The molecule has 0 bridgehead atoms. The number of likely N-dealkylation sites (N-methyl/N-ethyl adjacent to an activating group) is 1. The van der Waals surface area contributed by atoms with E-state index >= 15 is 0 Å². The summed E-state index contributed by atoms with van der Waals surface area (Å²) in [6.45, 7) is 5.94. The van der Waals surface area contributed by atoms with Crippen LogP contribution in [0.4, 0.5) is 0 Å². The van der Waals surface area contributed by atoms with E-state index in [1.54, 1.807) is 19.1 Å². The third-order valence-corrected chi connectivity index (χ3v) is 7.38. The second-order valence-electron chi connectivity index (χ2n) is 7.30. The molecule has 1 aromatic carbocycles. The van der Waals surface area contributed by atoms with Gasteiger partial charge in [0, 0.05) is 45.8 Å². The summed E-state index contributed by atoms with van der Waals surface area (Å²) in [5, 5.41) is 0. The van der Waals surface area contributed by atoms with Gasteiger partial charge in [-0.25, -0.2) is 8.42 Å². The van der Waals surface area contributed by atoms with Gasteiger partial charge in [0.2, 0.25) is 15.9 Å². The summed E-state index contributed by atoms with van der Waals surface area (Å²) in [6, 6.07) is 6.26. The Morgan fingerprint density at radius 2 is 1.48 bits per heavy atom. The highest BCUT2D eigenvalue weighted by atomic mass is 32.2. The fourth-order valence-electron chi connectivity index (χ4n) is 3.63. The highest BCUT2D eigenvalue weighted by Gasteiger charge is 2.35. The van der Waals surface area contributed by atoms with Gasteiger partial charge in [-0.15, -0.1) is 0 Å². The SMILES string of the molecule is CCOc1ccc(S(=O)(=O)N2CCN(C(=O)CN3CCN(CC)C(=O)C3=O)CC2)cc1. The average Bonchev–Trinajstić information content (AvgIpc) is 2.78. The normalized spacial score (nSPS) is 18.5. The Morgan fingerprint density at radius 3 is 2.06 bits per heavy atom. The molecule has 2 aliphatic rings. The Hall–Kier alpha value is -2.66. The van der Waals surface area contributed by atoms with Crippen LogP contribution in [0.25, 0.3) is 0 Å². The van der Waals surface area contributed by atoms with Crippen molar-refractivity contribution in [2.24, 2.45) is 0 Å². The molecule has 2 aliphatic heterocycles. The van der Waals surface area contributed by atoms with Crippen LogP contribution in [-0.2, 0) is 24.4 Å². The van der Waals surface area contributed by atoms with Crippen LogP contribution in [0.15, 0.2) is 29.2 Å². The molecular weight excluding hydrogens is 424 g/mol. The quantitative estimate of drug-likeness (QED) is 0.522. The van der Waals surface area contributed by atoms with Crippen LogP contribution in [0.2, 0.25) is 0 Å². The van der Waals surface area contributed by atoms with Gasteiger partial charge in [-0.1, -0.05) is 0 Å². The fourth-order valence-corrected chi connectivity index (χ4v) is 5.05. The first-order chi connectivity index (χ1) is 14.8. The fraction of sp³-hybridized carbons (Fsp3) is 0.550. The second kappa shape index (κ2) is 9.65. The molecule has 2 heterocycles. The van der Waals surface area contributed by atoms with Gasteiger partial charge in [0.25, 0.3) is 0 Å². The van der Waals surface area contributed by atoms with Crippen LogP contribution in [0.5, 0.6) is 5.75 Å². The van der Waals surface area contributed by atoms with E-state index < -0.39 is 21.8 Å². The largest absolute Gasteiger partial charge is 0.494 e. The first-order valence-electron chi connectivity index (χ1n) is 10.4. The van der Waals surface area contributed by atoms with Crippen molar-refractivity contribution in [2.45, 2.75) is 18.7 Å². The Labute approximate surface area is 182 Å². The molecule has 3 rings (SSSR count). The maximum absolute atomic E-state index is 12.9. The lowest BCUT2D eigenvalue weighted by atomic mass is 10.2. The Morgan fingerprint density at radius 1 is 0.903 bits per heavy atom. The summed E-state index contributed by atoms with van der Waals surface area (Å²) < 4.78 is 32.4. The summed E-state index contributed by atoms with van der Waals surface area (Å²) >= 11 is 0. The van der Waals surface area contributed by atoms with Crippen LogP contribution < -0.4 is 4.74 Å². The maximum Gasteiger partial charge on any atom is 0.312 e. The predicted octanol–water partition coefficient (Wildman–Crippen LogP) is -0.391. The molecule has 31 heavy (non-hydrogen) atoms. The minimum Gasteiger partial charge on any atom is -0.494 e.